The summed E-state index contributed by atoms with van der Waals surface area (Å²) in [7, 11) is 0. The van der Waals surface area contributed by atoms with E-state index in [1.54, 1.807) is 19.1 Å². The Morgan fingerprint density at radius 2 is 2.20 bits per heavy atom. The van der Waals surface area contributed by atoms with Gasteiger partial charge in [0.2, 0.25) is 0 Å². The summed E-state index contributed by atoms with van der Waals surface area (Å²) in [5.74, 6) is 0. The SMILES string of the molecule is Cc1cc(-n2ccc3c2CCCC3N)ccc1[N+](=O)[O-]. The van der Waals surface area contributed by atoms with Crippen molar-refractivity contribution in [2.75, 3.05) is 0 Å². The van der Waals surface area contributed by atoms with Crippen molar-refractivity contribution in [3.8, 4) is 5.69 Å². The molecule has 0 fully saturated rings. The average molecular weight is 271 g/mol. The van der Waals surface area contributed by atoms with Crippen LogP contribution in [0.3, 0.4) is 0 Å². The van der Waals surface area contributed by atoms with E-state index >= 15 is 0 Å². The third-order valence-corrected chi connectivity index (χ3v) is 4.01. The zero-order valence-electron chi connectivity index (χ0n) is 11.4. The smallest absolute Gasteiger partial charge is 0.272 e. The van der Waals surface area contributed by atoms with Gasteiger partial charge < -0.3 is 10.3 Å². The van der Waals surface area contributed by atoms with Crippen molar-refractivity contribution in [2.45, 2.75) is 32.2 Å². The van der Waals surface area contributed by atoms with Crippen molar-refractivity contribution in [3.05, 3.63) is 57.4 Å². The third-order valence-electron chi connectivity index (χ3n) is 4.01. The Morgan fingerprint density at radius 3 is 2.90 bits per heavy atom. The van der Waals surface area contributed by atoms with Crippen LogP contribution in [0.1, 0.15) is 35.7 Å². The molecule has 0 amide bonds. The van der Waals surface area contributed by atoms with E-state index in [0.29, 0.717) is 5.56 Å². The molecule has 1 aliphatic carbocycles. The summed E-state index contributed by atoms with van der Waals surface area (Å²) < 4.78 is 2.10. The van der Waals surface area contributed by atoms with Crippen LogP contribution in [-0.2, 0) is 6.42 Å². The standard InChI is InChI=1S/C15H17N3O2/c1-10-9-11(5-6-14(10)18(19)20)17-8-7-12-13(16)3-2-4-15(12)17/h5-9,13H,2-4,16H2,1H3. The molecule has 1 aromatic carbocycles. The molecule has 5 nitrogen and oxygen atoms in total. The van der Waals surface area contributed by atoms with Crippen LogP contribution in [0.4, 0.5) is 5.69 Å². The highest BCUT2D eigenvalue weighted by Gasteiger charge is 2.21. The fraction of sp³-hybridized carbons (Fsp3) is 0.333. The van der Waals surface area contributed by atoms with Gasteiger partial charge in [0, 0.05) is 35.2 Å². The number of aromatic nitrogens is 1. The van der Waals surface area contributed by atoms with Gasteiger partial charge in [0.1, 0.15) is 0 Å². The van der Waals surface area contributed by atoms with Gasteiger partial charge in [-0.2, -0.15) is 0 Å². The Morgan fingerprint density at radius 1 is 1.40 bits per heavy atom. The molecule has 0 spiro atoms. The first-order valence-electron chi connectivity index (χ1n) is 6.79. The Balaban J connectivity index is 2.06. The Hall–Kier alpha value is -2.14. The summed E-state index contributed by atoms with van der Waals surface area (Å²) in [6.45, 7) is 1.77. The zero-order chi connectivity index (χ0) is 14.3. The van der Waals surface area contributed by atoms with Crippen LogP contribution in [0.15, 0.2) is 30.5 Å². The number of nitro groups is 1. The summed E-state index contributed by atoms with van der Waals surface area (Å²) in [6.07, 6.45) is 5.13. The molecular formula is C15H17N3O2. The molecule has 0 saturated carbocycles. The van der Waals surface area contributed by atoms with Crippen LogP contribution < -0.4 is 5.73 Å². The maximum Gasteiger partial charge on any atom is 0.272 e. The molecule has 104 valence electrons. The van der Waals surface area contributed by atoms with Gasteiger partial charge in [-0.15, -0.1) is 0 Å². The predicted molar refractivity (Wildman–Crippen MR) is 77.0 cm³/mol. The fourth-order valence-electron chi connectivity index (χ4n) is 2.96. The van der Waals surface area contributed by atoms with Crippen LogP contribution >= 0.6 is 0 Å². The lowest BCUT2D eigenvalue weighted by molar-refractivity contribution is -0.385. The number of hydrogen-bond acceptors (Lipinski definition) is 3. The molecule has 0 radical (unpaired) electrons. The van der Waals surface area contributed by atoms with Crippen molar-refractivity contribution in [3.63, 3.8) is 0 Å². The van der Waals surface area contributed by atoms with Gasteiger partial charge in [0.05, 0.1) is 4.92 Å². The molecule has 3 rings (SSSR count). The highest BCUT2D eigenvalue weighted by Crippen LogP contribution is 2.31. The first-order chi connectivity index (χ1) is 9.58. The highest BCUT2D eigenvalue weighted by atomic mass is 16.6. The Labute approximate surface area is 117 Å². The lowest BCUT2D eigenvalue weighted by Gasteiger charge is -2.21. The summed E-state index contributed by atoms with van der Waals surface area (Å²) in [5, 5.41) is 10.9. The maximum absolute atomic E-state index is 10.9. The third kappa shape index (κ3) is 2.00. The van der Waals surface area contributed by atoms with Gasteiger partial charge >= 0.3 is 0 Å². The monoisotopic (exact) mass is 271 g/mol. The molecule has 1 atom stereocenters. The highest BCUT2D eigenvalue weighted by molar-refractivity contribution is 5.49. The number of nitro benzene ring substituents is 1. The van der Waals surface area contributed by atoms with E-state index in [2.05, 4.69) is 10.6 Å². The number of fused-ring (bicyclic) bond motifs is 1. The molecule has 5 heteroatoms. The molecule has 0 bridgehead atoms. The molecule has 0 aliphatic heterocycles. The Kier molecular flexibility index (Phi) is 3.06. The van der Waals surface area contributed by atoms with Crippen LogP contribution in [0, 0.1) is 17.0 Å². The lowest BCUT2D eigenvalue weighted by Crippen LogP contribution is -2.17. The number of benzene rings is 1. The first-order valence-corrected chi connectivity index (χ1v) is 6.79. The summed E-state index contributed by atoms with van der Waals surface area (Å²) >= 11 is 0. The molecular weight excluding hydrogens is 254 g/mol. The molecule has 1 heterocycles. The molecule has 1 aromatic heterocycles. The van der Waals surface area contributed by atoms with E-state index in [0.717, 1.165) is 24.9 Å². The number of nitrogens with zero attached hydrogens (tertiary/aromatic N) is 2. The largest absolute Gasteiger partial charge is 0.324 e. The molecule has 0 saturated heterocycles. The molecule has 2 N–H and O–H groups in total. The normalized spacial score (nSPS) is 17.8. The second-order valence-corrected chi connectivity index (χ2v) is 5.31. The molecule has 1 unspecified atom stereocenters. The van der Waals surface area contributed by atoms with E-state index < -0.39 is 0 Å². The minimum absolute atomic E-state index is 0.110. The van der Waals surface area contributed by atoms with Gasteiger partial charge in [-0.1, -0.05) is 0 Å². The van der Waals surface area contributed by atoms with Crippen LogP contribution in [0.25, 0.3) is 5.69 Å². The van der Waals surface area contributed by atoms with Gasteiger partial charge in [0.25, 0.3) is 5.69 Å². The van der Waals surface area contributed by atoms with E-state index in [9.17, 15) is 10.1 Å². The maximum atomic E-state index is 10.9. The quantitative estimate of drug-likeness (QED) is 0.674. The number of aryl methyl sites for hydroxylation is 1. The predicted octanol–water partition coefficient (Wildman–Crippen LogP) is 3.03. The van der Waals surface area contributed by atoms with Gasteiger partial charge in [0.15, 0.2) is 0 Å². The summed E-state index contributed by atoms with van der Waals surface area (Å²) in [4.78, 5) is 10.5. The number of hydrogen-bond donors (Lipinski definition) is 1. The van der Waals surface area contributed by atoms with Crippen molar-refractivity contribution in [2.24, 2.45) is 5.73 Å². The van der Waals surface area contributed by atoms with Gasteiger partial charge in [-0.3, -0.25) is 10.1 Å². The Bertz CT molecular complexity index is 676. The molecule has 20 heavy (non-hydrogen) atoms. The van der Waals surface area contributed by atoms with Crippen molar-refractivity contribution in [1.29, 1.82) is 0 Å². The first kappa shape index (κ1) is 12.9. The second kappa shape index (κ2) is 4.76. The van der Waals surface area contributed by atoms with E-state index in [-0.39, 0.29) is 16.7 Å². The zero-order valence-corrected chi connectivity index (χ0v) is 11.4. The van der Waals surface area contributed by atoms with Gasteiger partial charge in [-0.25, -0.2) is 0 Å². The van der Waals surface area contributed by atoms with Crippen molar-refractivity contribution >= 4 is 5.69 Å². The minimum Gasteiger partial charge on any atom is -0.324 e. The second-order valence-electron chi connectivity index (χ2n) is 5.31. The molecule has 2 aromatic rings. The minimum atomic E-state index is -0.347. The van der Waals surface area contributed by atoms with E-state index in [1.807, 2.05) is 12.3 Å². The van der Waals surface area contributed by atoms with E-state index in [1.165, 1.54) is 11.3 Å². The molecule has 1 aliphatic rings. The number of nitrogens with two attached hydrogens (primary N) is 1. The summed E-state index contributed by atoms with van der Waals surface area (Å²) in [6, 6.07) is 7.40. The van der Waals surface area contributed by atoms with Crippen LogP contribution in [-0.4, -0.2) is 9.49 Å². The van der Waals surface area contributed by atoms with E-state index in [4.69, 9.17) is 5.73 Å². The van der Waals surface area contributed by atoms with Crippen LogP contribution in [0.5, 0.6) is 0 Å². The lowest BCUT2D eigenvalue weighted by atomic mass is 9.93. The fourth-order valence-corrected chi connectivity index (χ4v) is 2.96. The summed E-state index contributed by atoms with van der Waals surface area (Å²) in [5.41, 5.74) is 10.4. The average Bonchev–Trinajstić information content (AvgIpc) is 2.83. The van der Waals surface area contributed by atoms with Crippen molar-refractivity contribution < 1.29 is 4.92 Å². The topological polar surface area (TPSA) is 74.1 Å². The van der Waals surface area contributed by atoms with Crippen LogP contribution in [0.2, 0.25) is 0 Å². The van der Waals surface area contributed by atoms with Gasteiger partial charge in [-0.05, 0) is 49.9 Å². The van der Waals surface area contributed by atoms with Crippen molar-refractivity contribution in [1.82, 2.24) is 4.57 Å². The number of rotatable bonds is 2.